The molecule has 0 fully saturated rings. The zero-order valence-electron chi connectivity index (χ0n) is 15.5. The molecule has 0 bridgehead atoms. The van der Waals surface area contributed by atoms with Gasteiger partial charge in [0.15, 0.2) is 11.5 Å². The van der Waals surface area contributed by atoms with Crippen LogP contribution in [0.5, 0.6) is 11.5 Å². The maximum atomic E-state index is 13.0. The van der Waals surface area contributed by atoms with Crippen LogP contribution in [0.4, 0.5) is 0 Å². The molecule has 144 valence electrons. The SMILES string of the molecule is CC(C(=O)N1CCOc2c(O)cc(-c3cccc(Cl)c3)cc2C1)n1cccc1. The number of rotatable bonds is 3. The third-order valence-corrected chi connectivity index (χ3v) is 5.25. The van der Waals surface area contributed by atoms with Crippen LogP contribution in [0.1, 0.15) is 18.5 Å². The van der Waals surface area contributed by atoms with Crippen molar-refractivity contribution < 1.29 is 14.6 Å². The number of halogens is 1. The highest BCUT2D eigenvalue weighted by atomic mass is 35.5. The highest BCUT2D eigenvalue weighted by Crippen LogP contribution is 2.38. The molecule has 0 radical (unpaired) electrons. The summed E-state index contributed by atoms with van der Waals surface area (Å²) in [5.41, 5.74) is 2.50. The smallest absolute Gasteiger partial charge is 0.245 e. The van der Waals surface area contributed by atoms with Gasteiger partial charge >= 0.3 is 0 Å². The van der Waals surface area contributed by atoms with Gasteiger partial charge in [0.2, 0.25) is 5.91 Å². The molecule has 4 rings (SSSR count). The second-order valence-electron chi connectivity index (χ2n) is 6.91. The molecular weight excluding hydrogens is 376 g/mol. The third kappa shape index (κ3) is 3.58. The van der Waals surface area contributed by atoms with Gasteiger partial charge in [0.25, 0.3) is 0 Å². The Labute approximate surface area is 168 Å². The van der Waals surface area contributed by atoms with Crippen molar-refractivity contribution in [3.63, 3.8) is 0 Å². The number of fused-ring (bicyclic) bond motifs is 1. The van der Waals surface area contributed by atoms with Crippen LogP contribution in [0.15, 0.2) is 60.9 Å². The summed E-state index contributed by atoms with van der Waals surface area (Å²) < 4.78 is 7.65. The van der Waals surface area contributed by atoms with Crippen molar-refractivity contribution in [3.8, 4) is 22.6 Å². The quantitative estimate of drug-likeness (QED) is 0.709. The van der Waals surface area contributed by atoms with Gasteiger partial charge < -0.3 is 19.3 Å². The van der Waals surface area contributed by atoms with E-state index in [1.807, 2.05) is 60.3 Å². The van der Waals surface area contributed by atoms with Gasteiger partial charge in [-0.3, -0.25) is 4.79 Å². The fraction of sp³-hybridized carbons (Fsp3) is 0.227. The lowest BCUT2D eigenvalue weighted by molar-refractivity contribution is -0.135. The van der Waals surface area contributed by atoms with Crippen LogP contribution >= 0.6 is 11.6 Å². The zero-order valence-corrected chi connectivity index (χ0v) is 16.3. The third-order valence-electron chi connectivity index (χ3n) is 5.02. The highest BCUT2D eigenvalue weighted by Gasteiger charge is 2.26. The van der Waals surface area contributed by atoms with Crippen molar-refractivity contribution in [2.75, 3.05) is 13.2 Å². The Kier molecular flexibility index (Phi) is 5.01. The van der Waals surface area contributed by atoms with Gasteiger partial charge in [-0.05, 0) is 54.4 Å². The molecule has 1 unspecified atom stereocenters. The van der Waals surface area contributed by atoms with Gasteiger partial charge in [-0.25, -0.2) is 0 Å². The molecular formula is C22H21ClN2O3. The number of phenolic OH excluding ortho intramolecular Hbond substituents is 1. The Morgan fingerprint density at radius 2 is 1.93 bits per heavy atom. The van der Waals surface area contributed by atoms with Crippen LogP contribution in [0, 0.1) is 0 Å². The van der Waals surface area contributed by atoms with E-state index in [9.17, 15) is 9.90 Å². The van der Waals surface area contributed by atoms with Crippen molar-refractivity contribution in [1.82, 2.24) is 9.47 Å². The van der Waals surface area contributed by atoms with Crippen LogP contribution < -0.4 is 4.74 Å². The minimum Gasteiger partial charge on any atom is -0.504 e. The lowest BCUT2D eigenvalue weighted by Gasteiger charge is -2.24. The highest BCUT2D eigenvalue weighted by molar-refractivity contribution is 6.30. The fourth-order valence-corrected chi connectivity index (χ4v) is 3.71. The summed E-state index contributed by atoms with van der Waals surface area (Å²) in [6, 6.07) is 14.6. The van der Waals surface area contributed by atoms with Gasteiger partial charge in [-0.15, -0.1) is 0 Å². The molecule has 2 aromatic carbocycles. The number of aromatic hydroxyl groups is 1. The van der Waals surface area contributed by atoms with Gasteiger partial charge in [0.1, 0.15) is 12.6 Å². The number of phenols is 1. The summed E-state index contributed by atoms with van der Waals surface area (Å²) in [5.74, 6) is 0.523. The molecule has 0 aliphatic carbocycles. The summed E-state index contributed by atoms with van der Waals surface area (Å²) in [6.07, 6.45) is 3.77. The summed E-state index contributed by atoms with van der Waals surface area (Å²) in [6.45, 7) is 3.06. The second-order valence-corrected chi connectivity index (χ2v) is 7.34. The molecule has 1 aliphatic rings. The number of hydrogen-bond donors (Lipinski definition) is 1. The van der Waals surface area contributed by atoms with E-state index in [0.717, 1.165) is 16.7 Å². The molecule has 1 aromatic heterocycles. The topological polar surface area (TPSA) is 54.7 Å². The van der Waals surface area contributed by atoms with Gasteiger partial charge in [0.05, 0.1) is 6.54 Å². The van der Waals surface area contributed by atoms with Crippen molar-refractivity contribution in [1.29, 1.82) is 0 Å². The Morgan fingerprint density at radius 1 is 1.14 bits per heavy atom. The van der Waals surface area contributed by atoms with E-state index in [2.05, 4.69) is 0 Å². The first kappa shape index (κ1) is 18.4. The van der Waals surface area contributed by atoms with Crippen LogP contribution in [-0.4, -0.2) is 33.6 Å². The monoisotopic (exact) mass is 396 g/mol. The van der Waals surface area contributed by atoms with E-state index in [1.54, 1.807) is 17.0 Å². The fourth-order valence-electron chi connectivity index (χ4n) is 3.52. The molecule has 28 heavy (non-hydrogen) atoms. The standard InChI is InChI=1S/C22H21ClN2O3/c1-15(24-7-2-3-8-24)22(27)25-9-10-28-21-18(14-25)11-17(13-20(21)26)16-5-4-6-19(23)12-16/h2-8,11-13,15,26H,9-10,14H2,1H3. The molecule has 0 spiro atoms. The van der Waals surface area contributed by atoms with E-state index >= 15 is 0 Å². The number of amides is 1. The second kappa shape index (κ2) is 7.60. The molecule has 5 nitrogen and oxygen atoms in total. The summed E-state index contributed by atoms with van der Waals surface area (Å²) >= 11 is 6.11. The molecule has 1 N–H and O–H groups in total. The van der Waals surface area contributed by atoms with Crippen LogP contribution in [0.25, 0.3) is 11.1 Å². The number of benzene rings is 2. The van der Waals surface area contributed by atoms with E-state index in [4.69, 9.17) is 16.3 Å². The number of nitrogens with zero attached hydrogens (tertiary/aromatic N) is 2. The largest absolute Gasteiger partial charge is 0.504 e. The average molecular weight is 397 g/mol. The average Bonchev–Trinajstić information content (AvgIpc) is 3.13. The Morgan fingerprint density at radius 3 is 2.68 bits per heavy atom. The first-order chi connectivity index (χ1) is 13.5. The number of aromatic nitrogens is 1. The summed E-state index contributed by atoms with van der Waals surface area (Å²) in [4.78, 5) is 14.8. The normalized spacial score (nSPS) is 14.7. The van der Waals surface area contributed by atoms with E-state index in [0.29, 0.717) is 30.5 Å². The van der Waals surface area contributed by atoms with E-state index in [1.165, 1.54) is 0 Å². The predicted octanol–water partition coefficient (Wildman–Crippen LogP) is 4.50. The minimum atomic E-state index is -0.304. The van der Waals surface area contributed by atoms with Crippen molar-refractivity contribution in [3.05, 3.63) is 71.5 Å². The molecule has 0 saturated heterocycles. The summed E-state index contributed by atoms with van der Waals surface area (Å²) in [7, 11) is 0. The van der Waals surface area contributed by atoms with Crippen molar-refractivity contribution in [2.24, 2.45) is 0 Å². The molecule has 2 heterocycles. The maximum Gasteiger partial charge on any atom is 0.245 e. The molecule has 0 saturated carbocycles. The Bertz CT molecular complexity index is 1000. The van der Waals surface area contributed by atoms with E-state index in [-0.39, 0.29) is 17.7 Å². The first-order valence-electron chi connectivity index (χ1n) is 9.19. The zero-order chi connectivity index (χ0) is 19.7. The number of ether oxygens (including phenoxy) is 1. The molecule has 1 aliphatic heterocycles. The van der Waals surface area contributed by atoms with E-state index < -0.39 is 0 Å². The maximum absolute atomic E-state index is 13.0. The Balaban J connectivity index is 1.66. The summed E-state index contributed by atoms with van der Waals surface area (Å²) in [5, 5.41) is 11.1. The number of carbonyl (C=O) groups excluding carboxylic acids is 1. The molecule has 6 heteroatoms. The predicted molar refractivity (Wildman–Crippen MR) is 109 cm³/mol. The van der Waals surface area contributed by atoms with Crippen molar-refractivity contribution in [2.45, 2.75) is 19.5 Å². The van der Waals surface area contributed by atoms with Crippen LogP contribution in [-0.2, 0) is 11.3 Å². The van der Waals surface area contributed by atoms with Gasteiger partial charge in [-0.1, -0.05) is 23.7 Å². The Hall–Kier alpha value is -2.92. The minimum absolute atomic E-state index is 0.0142. The lowest BCUT2D eigenvalue weighted by atomic mass is 10.0. The lowest BCUT2D eigenvalue weighted by Crippen LogP contribution is -2.37. The first-order valence-corrected chi connectivity index (χ1v) is 9.56. The molecule has 1 amide bonds. The number of hydrogen-bond acceptors (Lipinski definition) is 3. The molecule has 3 aromatic rings. The number of carbonyl (C=O) groups is 1. The van der Waals surface area contributed by atoms with Gasteiger partial charge in [0, 0.05) is 29.5 Å². The molecule has 1 atom stereocenters. The van der Waals surface area contributed by atoms with Crippen LogP contribution in [0.2, 0.25) is 5.02 Å². The van der Waals surface area contributed by atoms with Crippen molar-refractivity contribution >= 4 is 17.5 Å². The van der Waals surface area contributed by atoms with Crippen LogP contribution in [0.3, 0.4) is 0 Å². The van der Waals surface area contributed by atoms with Gasteiger partial charge in [-0.2, -0.15) is 0 Å².